The minimum atomic E-state index is 0.182. The van der Waals surface area contributed by atoms with Gasteiger partial charge in [0.2, 0.25) is 0 Å². The van der Waals surface area contributed by atoms with E-state index in [1.54, 1.807) is 0 Å². The van der Waals surface area contributed by atoms with E-state index in [4.69, 9.17) is 0 Å². The highest BCUT2D eigenvalue weighted by molar-refractivity contribution is 4.84. The molecule has 0 amide bonds. The lowest BCUT2D eigenvalue weighted by Crippen LogP contribution is -2.41. The summed E-state index contributed by atoms with van der Waals surface area (Å²) < 4.78 is 0. The van der Waals surface area contributed by atoms with Crippen LogP contribution in [0.25, 0.3) is 0 Å². The predicted molar refractivity (Wildman–Crippen MR) is 73.3 cm³/mol. The molecule has 0 atom stereocenters. The number of likely N-dealkylation sites (N-methyl/N-ethyl adjacent to an activating group) is 1. The van der Waals surface area contributed by atoms with Crippen LogP contribution in [0.4, 0.5) is 0 Å². The second-order valence-electron chi connectivity index (χ2n) is 5.42. The van der Waals surface area contributed by atoms with Crippen molar-refractivity contribution in [2.24, 2.45) is 5.41 Å². The molecule has 1 saturated carbocycles. The Balaban J connectivity index is 2.19. The van der Waals surface area contributed by atoms with Gasteiger partial charge in [0, 0.05) is 31.7 Å². The summed E-state index contributed by atoms with van der Waals surface area (Å²) in [7, 11) is 0. The van der Waals surface area contributed by atoms with Crippen molar-refractivity contribution < 1.29 is 5.11 Å². The number of rotatable bonds is 8. The van der Waals surface area contributed by atoms with Crippen molar-refractivity contribution in [2.45, 2.75) is 46.0 Å². The van der Waals surface area contributed by atoms with E-state index in [1.807, 2.05) is 0 Å². The molecule has 0 aliphatic heterocycles. The van der Waals surface area contributed by atoms with E-state index in [-0.39, 0.29) is 5.41 Å². The molecule has 3 heteroatoms. The minimum Gasteiger partial charge on any atom is -0.396 e. The van der Waals surface area contributed by atoms with Crippen LogP contribution in [0.5, 0.6) is 0 Å². The van der Waals surface area contributed by atoms with Gasteiger partial charge in [0.1, 0.15) is 0 Å². The van der Waals surface area contributed by atoms with Crippen LogP contribution in [0, 0.1) is 5.41 Å². The second-order valence-corrected chi connectivity index (χ2v) is 5.42. The molecular formula is C14H30N2O. The van der Waals surface area contributed by atoms with Gasteiger partial charge in [-0.25, -0.2) is 0 Å². The number of hydrogen-bond donors (Lipinski definition) is 2. The number of nitrogens with zero attached hydrogens (tertiary/aromatic N) is 1. The smallest absolute Gasteiger partial charge is 0.0499 e. The third kappa shape index (κ3) is 4.94. The average molecular weight is 242 g/mol. The quantitative estimate of drug-likeness (QED) is 0.638. The molecule has 1 aliphatic carbocycles. The fraction of sp³-hybridized carbons (Fsp3) is 1.00. The SMILES string of the molecule is CCN(CC)CCNCC1(CO)CCCCC1. The largest absolute Gasteiger partial charge is 0.396 e. The Hall–Kier alpha value is -0.120. The van der Waals surface area contributed by atoms with Gasteiger partial charge < -0.3 is 15.3 Å². The second kappa shape index (κ2) is 8.06. The van der Waals surface area contributed by atoms with Crippen molar-refractivity contribution in [3.05, 3.63) is 0 Å². The lowest BCUT2D eigenvalue weighted by atomic mass is 9.74. The van der Waals surface area contributed by atoms with Crippen LogP contribution in [-0.2, 0) is 0 Å². The molecule has 0 saturated heterocycles. The van der Waals surface area contributed by atoms with Gasteiger partial charge in [-0.05, 0) is 25.9 Å². The van der Waals surface area contributed by atoms with Crippen LogP contribution in [0.3, 0.4) is 0 Å². The molecule has 0 aromatic carbocycles. The van der Waals surface area contributed by atoms with Crippen LogP contribution in [-0.4, -0.2) is 49.3 Å². The summed E-state index contributed by atoms with van der Waals surface area (Å²) in [6, 6.07) is 0. The van der Waals surface area contributed by atoms with Gasteiger partial charge >= 0.3 is 0 Å². The molecule has 0 aromatic rings. The summed E-state index contributed by atoms with van der Waals surface area (Å²) in [4.78, 5) is 2.43. The highest BCUT2D eigenvalue weighted by Gasteiger charge is 2.30. The third-order valence-electron chi connectivity index (χ3n) is 4.25. The standard InChI is InChI=1S/C14H30N2O/c1-3-16(4-2)11-10-15-12-14(13-17)8-6-5-7-9-14/h15,17H,3-13H2,1-2H3. The summed E-state index contributed by atoms with van der Waals surface area (Å²) in [5, 5.41) is 13.1. The maximum atomic E-state index is 9.59. The first-order valence-electron chi connectivity index (χ1n) is 7.30. The molecule has 17 heavy (non-hydrogen) atoms. The molecule has 0 unspecified atom stereocenters. The van der Waals surface area contributed by atoms with E-state index in [1.165, 1.54) is 32.1 Å². The monoisotopic (exact) mass is 242 g/mol. The molecule has 0 spiro atoms. The molecule has 0 aromatic heterocycles. The van der Waals surface area contributed by atoms with Crippen molar-refractivity contribution in [3.8, 4) is 0 Å². The fourth-order valence-corrected chi connectivity index (χ4v) is 2.82. The first kappa shape index (κ1) is 14.9. The van der Waals surface area contributed by atoms with Gasteiger partial charge in [-0.1, -0.05) is 33.1 Å². The normalized spacial score (nSPS) is 19.8. The van der Waals surface area contributed by atoms with E-state index in [9.17, 15) is 5.11 Å². The van der Waals surface area contributed by atoms with E-state index in [0.29, 0.717) is 6.61 Å². The number of nitrogens with one attached hydrogen (secondary N) is 1. The molecule has 1 fully saturated rings. The highest BCUT2D eigenvalue weighted by atomic mass is 16.3. The molecule has 0 heterocycles. The molecule has 102 valence electrons. The minimum absolute atomic E-state index is 0.182. The topological polar surface area (TPSA) is 35.5 Å². The molecule has 2 N–H and O–H groups in total. The zero-order chi connectivity index (χ0) is 12.6. The van der Waals surface area contributed by atoms with Crippen molar-refractivity contribution in [3.63, 3.8) is 0 Å². The van der Waals surface area contributed by atoms with Crippen LogP contribution >= 0.6 is 0 Å². The Morgan fingerprint density at radius 1 is 1.12 bits per heavy atom. The maximum Gasteiger partial charge on any atom is 0.0499 e. The zero-order valence-electron chi connectivity index (χ0n) is 11.7. The highest BCUT2D eigenvalue weighted by Crippen LogP contribution is 2.35. The summed E-state index contributed by atoms with van der Waals surface area (Å²) >= 11 is 0. The molecule has 1 aliphatic rings. The van der Waals surface area contributed by atoms with Gasteiger partial charge in [0.05, 0.1) is 0 Å². The van der Waals surface area contributed by atoms with E-state index in [0.717, 1.165) is 32.7 Å². The Kier molecular flexibility index (Phi) is 7.09. The first-order chi connectivity index (χ1) is 8.26. The molecule has 3 nitrogen and oxygen atoms in total. The third-order valence-corrected chi connectivity index (χ3v) is 4.25. The number of aliphatic hydroxyl groups is 1. The Morgan fingerprint density at radius 2 is 1.76 bits per heavy atom. The fourth-order valence-electron chi connectivity index (χ4n) is 2.82. The molecule has 0 bridgehead atoms. The lowest BCUT2D eigenvalue weighted by Gasteiger charge is -2.36. The van der Waals surface area contributed by atoms with Crippen LogP contribution < -0.4 is 5.32 Å². The zero-order valence-corrected chi connectivity index (χ0v) is 11.7. The Morgan fingerprint density at radius 3 is 2.29 bits per heavy atom. The molecule has 0 radical (unpaired) electrons. The summed E-state index contributed by atoms with van der Waals surface area (Å²) in [5.74, 6) is 0. The van der Waals surface area contributed by atoms with Gasteiger partial charge in [-0.3, -0.25) is 0 Å². The van der Waals surface area contributed by atoms with E-state index >= 15 is 0 Å². The number of hydrogen-bond acceptors (Lipinski definition) is 3. The Labute approximate surface area is 107 Å². The van der Waals surface area contributed by atoms with E-state index < -0.39 is 0 Å². The van der Waals surface area contributed by atoms with Gasteiger partial charge in [0.25, 0.3) is 0 Å². The summed E-state index contributed by atoms with van der Waals surface area (Å²) in [6.07, 6.45) is 6.32. The van der Waals surface area contributed by atoms with Crippen LogP contribution in [0.2, 0.25) is 0 Å². The van der Waals surface area contributed by atoms with Crippen molar-refractivity contribution >= 4 is 0 Å². The van der Waals surface area contributed by atoms with Gasteiger partial charge in [-0.2, -0.15) is 0 Å². The summed E-state index contributed by atoms with van der Waals surface area (Å²) in [6.45, 7) is 10.2. The summed E-state index contributed by atoms with van der Waals surface area (Å²) in [5.41, 5.74) is 0.182. The number of aliphatic hydroxyl groups excluding tert-OH is 1. The van der Waals surface area contributed by atoms with Crippen molar-refractivity contribution in [1.82, 2.24) is 10.2 Å². The first-order valence-corrected chi connectivity index (χ1v) is 7.30. The van der Waals surface area contributed by atoms with Gasteiger partial charge in [-0.15, -0.1) is 0 Å². The van der Waals surface area contributed by atoms with Crippen molar-refractivity contribution in [2.75, 3.05) is 39.3 Å². The van der Waals surface area contributed by atoms with E-state index in [2.05, 4.69) is 24.1 Å². The molecule has 1 rings (SSSR count). The Bertz CT molecular complexity index is 187. The average Bonchev–Trinajstić information content (AvgIpc) is 2.40. The van der Waals surface area contributed by atoms with Gasteiger partial charge in [0.15, 0.2) is 0 Å². The lowest BCUT2D eigenvalue weighted by molar-refractivity contribution is 0.0807. The van der Waals surface area contributed by atoms with Crippen LogP contribution in [0.1, 0.15) is 46.0 Å². The van der Waals surface area contributed by atoms with Crippen molar-refractivity contribution in [1.29, 1.82) is 0 Å². The van der Waals surface area contributed by atoms with Crippen LogP contribution in [0.15, 0.2) is 0 Å². The maximum absolute atomic E-state index is 9.59. The molecular weight excluding hydrogens is 212 g/mol. The predicted octanol–water partition coefficient (Wildman–Crippen LogP) is 1.86.